The molecule has 0 radical (unpaired) electrons. The molecule has 0 saturated carbocycles. The monoisotopic (exact) mass is 445 g/mol. The zero-order valence-corrected chi connectivity index (χ0v) is 19.0. The zero-order valence-electron chi connectivity index (χ0n) is 19.0. The number of anilines is 1. The highest BCUT2D eigenvalue weighted by molar-refractivity contribution is 5.90. The van der Waals surface area contributed by atoms with Crippen LogP contribution in [-0.2, 0) is 11.2 Å². The predicted molar refractivity (Wildman–Crippen MR) is 127 cm³/mol. The van der Waals surface area contributed by atoms with E-state index in [0.29, 0.717) is 25.3 Å². The number of nitrogens with zero attached hydrogens (tertiary/aromatic N) is 4. The maximum atomic E-state index is 13.0. The van der Waals surface area contributed by atoms with E-state index >= 15 is 0 Å². The molecule has 8 heteroatoms. The first-order valence-corrected chi connectivity index (χ1v) is 11.0. The van der Waals surface area contributed by atoms with E-state index in [4.69, 9.17) is 4.74 Å². The molecule has 2 aromatic heterocycles. The van der Waals surface area contributed by atoms with Crippen LogP contribution in [0.5, 0.6) is 5.75 Å². The smallest absolute Gasteiger partial charge is 0.300 e. The Hall–Kier alpha value is -3.94. The van der Waals surface area contributed by atoms with Crippen LogP contribution in [0.4, 0.5) is 5.69 Å². The summed E-state index contributed by atoms with van der Waals surface area (Å²) < 4.78 is 8.69. The largest absolute Gasteiger partial charge is 0.494 e. The Bertz CT molecular complexity index is 1310. The highest BCUT2D eigenvalue weighted by Crippen LogP contribution is 2.16. The first kappa shape index (κ1) is 22.3. The summed E-state index contributed by atoms with van der Waals surface area (Å²) in [6.45, 7) is 6.49. The number of carbonyl (C=O) groups is 1. The number of hydrogen-bond acceptors (Lipinski definition) is 5. The molecule has 1 atom stereocenters. The standard InChI is InChI=1S/C25H27N5O3/c1-4-33-21-11-9-20(10-12-21)29-13-14-30-22(27-28-24(30)25(29)32)15-18(3)16-23(31)26-19-7-5-17(2)6-8-19/h5-14,18H,4,15-16H2,1-3H3,(H,26,31). The van der Waals surface area contributed by atoms with Crippen LogP contribution in [0.2, 0.25) is 0 Å². The highest BCUT2D eigenvalue weighted by Gasteiger charge is 2.16. The summed E-state index contributed by atoms with van der Waals surface area (Å²) in [6.07, 6.45) is 4.34. The molecular weight excluding hydrogens is 418 g/mol. The van der Waals surface area contributed by atoms with E-state index in [9.17, 15) is 9.59 Å². The van der Waals surface area contributed by atoms with Gasteiger partial charge in [0.25, 0.3) is 0 Å². The Morgan fingerprint density at radius 3 is 2.48 bits per heavy atom. The second-order valence-electron chi connectivity index (χ2n) is 8.14. The van der Waals surface area contributed by atoms with Crippen LogP contribution in [-0.4, -0.2) is 31.7 Å². The van der Waals surface area contributed by atoms with Gasteiger partial charge in [0.1, 0.15) is 11.6 Å². The molecule has 0 saturated heterocycles. The summed E-state index contributed by atoms with van der Waals surface area (Å²) >= 11 is 0. The van der Waals surface area contributed by atoms with Gasteiger partial charge in [0.05, 0.1) is 6.61 Å². The molecule has 4 aromatic rings. The Labute approximate surface area is 191 Å². The van der Waals surface area contributed by atoms with Gasteiger partial charge in [0.15, 0.2) is 0 Å². The molecule has 0 aliphatic carbocycles. The minimum atomic E-state index is -0.259. The number of hydrogen-bond donors (Lipinski definition) is 1. The zero-order chi connectivity index (χ0) is 23.4. The summed E-state index contributed by atoms with van der Waals surface area (Å²) in [5.74, 6) is 1.37. The van der Waals surface area contributed by atoms with Crippen molar-refractivity contribution in [2.75, 3.05) is 11.9 Å². The lowest BCUT2D eigenvalue weighted by Gasteiger charge is -2.11. The summed E-state index contributed by atoms with van der Waals surface area (Å²) in [4.78, 5) is 25.4. The van der Waals surface area contributed by atoms with E-state index in [1.807, 2.05) is 69.3 Å². The highest BCUT2D eigenvalue weighted by atomic mass is 16.5. The van der Waals surface area contributed by atoms with Crippen molar-refractivity contribution in [2.45, 2.75) is 33.6 Å². The maximum absolute atomic E-state index is 13.0. The van der Waals surface area contributed by atoms with Crippen molar-refractivity contribution >= 4 is 17.2 Å². The summed E-state index contributed by atoms with van der Waals surface area (Å²) in [6, 6.07) is 15.0. The molecular formula is C25H27N5O3. The molecule has 33 heavy (non-hydrogen) atoms. The SMILES string of the molecule is CCOc1ccc(-n2ccn3c(CC(C)CC(=O)Nc4ccc(C)cc4)nnc3c2=O)cc1. The number of aromatic nitrogens is 4. The van der Waals surface area contributed by atoms with Gasteiger partial charge in [0, 0.05) is 36.6 Å². The normalized spacial score (nSPS) is 12.0. The molecule has 4 rings (SSSR count). The number of aryl methyl sites for hydroxylation is 1. The first-order chi connectivity index (χ1) is 15.9. The van der Waals surface area contributed by atoms with Crippen LogP contribution < -0.4 is 15.6 Å². The van der Waals surface area contributed by atoms with Crippen molar-refractivity contribution in [1.29, 1.82) is 0 Å². The van der Waals surface area contributed by atoms with Gasteiger partial charge < -0.3 is 10.1 Å². The van der Waals surface area contributed by atoms with Crippen molar-refractivity contribution in [1.82, 2.24) is 19.2 Å². The fraction of sp³-hybridized carbons (Fsp3) is 0.280. The summed E-state index contributed by atoms with van der Waals surface area (Å²) in [7, 11) is 0. The summed E-state index contributed by atoms with van der Waals surface area (Å²) in [5.41, 5.74) is 2.63. The van der Waals surface area contributed by atoms with Crippen molar-refractivity contribution in [2.24, 2.45) is 5.92 Å². The Morgan fingerprint density at radius 1 is 1.06 bits per heavy atom. The minimum absolute atomic E-state index is 0.0244. The number of amides is 1. The second kappa shape index (κ2) is 9.68. The third kappa shape index (κ3) is 5.11. The average Bonchev–Trinajstić information content (AvgIpc) is 3.20. The van der Waals surface area contributed by atoms with Gasteiger partial charge in [-0.05, 0) is 56.2 Å². The number of benzene rings is 2. The van der Waals surface area contributed by atoms with Gasteiger partial charge in [-0.1, -0.05) is 24.6 Å². The molecule has 0 spiro atoms. The van der Waals surface area contributed by atoms with E-state index < -0.39 is 0 Å². The molecule has 2 heterocycles. The van der Waals surface area contributed by atoms with Gasteiger partial charge in [0.2, 0.25) is 11.6 Å². The van der Waals surface area contributed by atoms with E-state index in [1.165, 1.54) is 4.57 Å². The predicted octanol–water partition coefficient (Wildman–Crippen LogP) is 3.79. The lowest BCUT2D eigenvalue weighted by atomic mass is 10.0. The molecule has 8 nitrogen and oxygen atoms in total. The van der Waals surface area contributed by atoms with Gasteiger partial charge in [-0.3, -0.25) is 18.6 Å². The van der Waals surface area contributed by atoms with Crippen molar-refractivity contribution < 1.29 is 9.53 Å². The Balaban J connectivity index is 1.46. The Kier molecular flexibility index (Phi) is 6.53. The molecule has 2 aromatic carbocycles. The maximum Gasteiger partial charge on any atom is 0.300 e. The molecule has 1 unspecified atom stereocenters. The third-order valence-electron chi connectivity index (χ3n) is 5.37. The summed E-state index contributed by atoms with van der Waals surface area (Å²) in [5, 5.41) is 11.3. The van der Waals surface area contributed by atoms with Gasteiger partial charge in [-0.2, -0.15) is 0 Å². The first-order valence-electron chi connectivity index (χ1n) is 11.0. The topological polar surface area (TPSA) is 90.5 Å². The number of ether oxygens (including phenoxy) is 1. The van der Waals surface area contributed by atoms with Crippen molar-refractivity contribution in [3.63, 3.8) is 0 Å². The van der Waals surface area contributed by atoms with Crippen LogP contribution in [0.1, 0.15) is 31.7 Å². The molecule has 0 aliphatic rings. The molecule has 0 fully saturated rings. The molecule has 170 valence electrons. The molecule has 1 amide bonds. The van der Waals surface area contributed by atoms with Crippen molar-refractivity contribution in [3.8, 4) is 11.4 Å². The average molecular weight is 446 g/mol. The molecule has 0 aliphatic heterocycles. The number of nitrogens with one attached hydrogen (secondary N) is 1. The quantitative estimate of drug-likeness (QED) is 0.446. The number of rotatable bonds is 8. The van der Waals surface area contributed by atoms with Crippen LogP contribution in [0, 0.1) is 12.8 Å². The van der Waals surface area contributed by atoms with Crippen LogP contribution in [0.25, 0.3) is 11.3 Å². The third-order valence-corrected chi connectivity index (χ3v) is 5.37. The number of fused-ring (bicyclic) bond motifs is 1. The second-order valence-corrected chi connectivity index (χ2v) is 8.14. The van der Waals surface area contributed by atoms with Crippen molar-refractivity contribution in [3.05, 3.63) is 82.7 Å². The lowest BCUT2D eigenvalue weighted by Crippen LogP contribution is -2.21. The van der Waals surface area contributed by atoms with E-state index in [1.54, 1.807) is 16.8 Å². The van der Waals surface area contributed by atoms with E-state index in [2.05, 4.69) is 15.5 Å². The van der Waals surface area contributed by atoms with E-state index in [-0.39, 0.29) is 23.0 Å². The lowest BCUT2D eigenvalue weighted by molar-refractivity contribution is -0.116. The fourth-order valence-electron chi connectivity index (χ4n) is 3.70. The molecule has 0 bridgehead atoms. The van der Waals surface area contributed by atoms with E-state index in [0.717, 1.165) is 22.7 Å². The Morgan fingerprint density at radius 2 is 1.79 bits per heavy atom. The molecule has 1 N–H and O–H groups in total. The number of carbonyl (C=O) groups excluding carboxylic acids is 1. The van der Waals surface area contributed by atoms with Crippen LogP contribution >= 0.6 is 0 Å². The van der Waals surface area contributed by atoms with Crippen LogP contribution in [0.3, 0.4) is 0 Å². The van der Waals surface area contributed by atoms with Crippen LogP contribution in [0.15, 0.2) is 65.7 Å². The van der Waals surface area contributed by atoms with Gasteiger partial charge >= 0.3 is 5.56 Å². The fourth-order valence-corrected chi connectivity index (χ4v) is 3.70. The van der Waals surface area contributed by atoms with Gasteiger partial charge in [-0.25, -0.2) is 0 Å². The van der Waals surface area contributed by atoms with Gasteiger partial charge in [-0.15, -0.1) is 10.2 Å². The minimum Gasteiger partial charge on any atom is -0.494 e.